The fraction of sp³-hybridized carbons (Fsp3) is 0.0714. The molecule has 0 aliphatic rings. The first-order valence-electron chi connectivity index (χ1n) is 5.78. The van der Waals surface area contributed by atoms with Gasteiger partial charge in [0, 0.05) is 11.6 Å². The number of hydrogen-bond acceptors (Lipinski definition) is 4. The maximum absolute atomic E-state index is 12.1. The number of nitrogens with zero attached hydrogens (tertiary/aromatic N) is 1. The molecule has 2 aromatic rings. The van der Waals surface area contributed by atoms with Gasteiger partial charge in [0.15, 0.2) is 0 Å². The first-order chi connectivity index (χ1) is 9.56. The molecule has 0 aliphatic heterocycles. The van der Waals surface area contributed by atoms with Gasteiger partial charge in [-0.3, -0.25) is 4.79 Å². The number of hydrogen-bond donors (Lipinski definition) is 2. The molecule has 2 rings (SSSR count). The SMILES string of the molecule is Cc1ccc(C=CC(=O)O)cc1C(=O)Nc1cnoc1. The lowest BCUT2D eigenvalue weighted by molar-refractivity contribution is -0.131. The van der Waals surface area contributed by atoms with Crippen LogP contribution < -0.4 is 5.32 Å². The Hall–Kier alpha value is -2.89. The quantitative estimate of drug-likeness (QED) is 0.833. The normalized spacial score (nSPS) is 10.7. The molecule has 0 bridgehead atoms. The third-order valence-electron chi connectivity index (χ3n) is 2.61. The minimum atomic E-state index is -1.04. The van der Waals surface area contributed by atoms with Crippen LogP contribution in [0.3, 0.4) is 0 Å². The molecule has 102 valence electrons. The second-order valence-corrected chi connectivity index (χ2v) is 4.11. The number of nitrogens with one attached hydrogen (secondary N) is 1. The lowest BCUT2D eigenvalue weighted by Gasteiger charge is -2.06. The first-order valence-corrected chi connectivity index (χ1v) is 5.78. The lowest BCUT2D eigenvalue weighted by atomic mass is 10.0. The van der Waals surface area contributed by atoms with Crippen molar-refractivity contribution in [3.63, 3.8) is 0 Å². The Balaban J connectivity index is 2.24. The highest BCUT2D eigenvalue weighted by molar-refractivity contribution is 6.05. The number of amides is 1. The van der Waals surface area contributed by atoms with Crippen molar-refractivity contribution >= 4 is 23.6 Å². The van der Waals surface area contributed by atoms with E-state index < -0.39 is 5.97 Å². The predicted octanol–water partition coefficient (Wildman–Crippen LogP) is 2.33. The van der Waals surface area contributed by atoms with Gasteiger partial charge in [-0.2, -0.15) is 0 Å². The van der Waals surface area contributed by atoms with E-state index in [1.165, 1.54) is 18.5 Å². The van der Waals surface area contributed by atoms with Gasteiger partial charge < -0.3 is 14.9 Å². The minimum absolute atomic E-state index is 0.309. The number of aliphatic carboxylic acids is 1. The van der Waals surface area contributed by atoms with E-state index >= 15 is 0 Å². The molecule has 0 saturated carbocycles. The smallest absolute Gasteiger partial charge is 0.328 e. The summed E-state index contributed by atoms with van der Waals surface area (Å²) in [7, 11) is 0. The van der Waals surface area contributed by atoms with E-state index in [2.05, 4.69) is 15.0 Å². The van der Waals surface area contributed by atoms with E-state index in [0.717, 1.165) is 11.6 Å². The average Bonchev–Trinajstić information content (AvgIpc) is 2.90. The number of carbonyl (C=O) groups excluding carboxylic acids is 1. The fourth-order valence-electron chi connectivity index (χ4n) is 1.62. The number of carboxylic acid groups (broad SMARTS) is 1. The standard InChI is InChI=1S/C14H12N2O4/c1-9-2-3-10(4-5-13(17)18)6-12(9)14(19)16-11-7-15-20-8-11/h2-8H,1H3,(H,16,19)(H,17,18). The largest absolute Gasteiger partial charge is 0.478 e. The van der Waals surface area contributed by atoms with E-state index in [0.29, 0.717) is 16.8 Å². The monoisotopic (exact) mass is 272 g/mol. The molecule has 20 heavy (non-hydrogen) atoms. The highest BCUT2D eigenvalue weighted by Crippen LogP contribution is 2.15. The van der Waals surface area contributed by atoms with E-state index in [4.69, 9.17) is 5.11 Å². The van der Waals surface area contributed by atoms with Crippen LogP contribution in [0.1, 0.15) is 21.5 Å². The van der Waals surface area contributed by atoms with Crippen LogP contribution in [0.5, 0.6) is 0 Å². The van der Waals surface area contributed by atoms with Crippen molar-refractivity contribution in [1.82, 2.24) is 5.16 Å². The molecule has 6 heteroatoms. The summed E-state index contributed by atoms with van der Waals surface area (Å²) in [5.41, 5.74) is 2.33. The number of anilines is 1. The van der Waals surface area contributed by atoms with Gasteiger partial charge in [-0.15, -0.1) is 0 Å². The Morgan fingerprint density at radius 1 is 1.40 bits per heavy atom. The summed E-state index contributed by atoms with van der Waals surface area (Å²) >= 11 is 0. The van der Waals surface area contributed by atoms with E-state index in [-0.39, 0.29) is 5.91 Å². The molecule has 6 nitrogen and oxygen atoms in total. The van der Waals surface area contributed by atoms with Crippen LogP contribution in [0, 0.1) is 6.92 Å². The molecular weight excluding hydrogens is 260 g/mol. The van der Waals surface area contributed by atoms with E-state index in [9.17, 15) is 9.59 Å². The van der Waals surface area contributed by atoms with Crippen molar-refractivity contribution in [1.29, 1.82) is 0 Å². The van der Waals surface area contributed by atoms with E-state index in [1.807, 2.05) is 0 Å². The van der Waals surface area contributed by atoms with Gasteiger partial charge in [-0.05, 0) is 30.2 Å². The molecule has 0 unspecified atom stereocenters. The van der Waals surface area contributed by atoms with E-state index in [1.54, 1.807) is 25.1 Å². The van der Waals surface area contributed by atoms with Crippen LogP contribution >= 0.6 is 0 Å². The first kappa shape index (κ1) is 13.5. The van der Waals surface area contributed by atoms with Crippen molar-refractivity contribution in [2.75, 3.05) is 5.32 Å². The molecular formula is C14H12N2O4. The zero-order chi connectivity index (χ0) is 14.5. The maximum atomic E-state index is 12.1. The molecule has 1 amide bonds. The van der Waals surface area contributed by atoms with Crippen LogP contribution in [0.2, 0.25) is 0 Å². The van der Waals surface area contributed by atoms with Gasteiger partial charge in [0.2, 0.25) is 0 Å². The average molecular weight is 272 g/mol. The highest BCUT2D eigenvalue weighted by atomic mass is 16.5. The molecule has 1 aromatic carbocycles. The fourth-order valence-corrected chi connectivity index (χ4v) is 1.62. The number of rotatable bonds is 4. The molecule has 1 aromatic heterocycles. The topological polar surface area (TPSA) is 92.4 Å². The van der Waals surface area contributed by atoms with Crippen LogP contribution in [-0.4, -0.2) is 22.1 Å². The molecule has 0 atom stereocenters. The number of carboxylic acids is 1. The summed E-state index contributed by atoms with van der Waals surface area (Å²) in [6.45, 7) is 1.80. The predicted molar refractivity (Wildman–Crippen MR) is 72.3 cm³/mol. The third-order valence-corrected chi connectivity index (χ3v) is 2.61. The Kier molecular flexibility index (Phi) is 3.95. The van der Waals surface area contributed by atoms with Gasteiger partial charge >= 0.3 is 5.97 Å². The van der Waals surface area contributed by atoms with Gasteiger partial charge in [0.05, 0.1) is 6.20 Å². The second kappa shape index (κ2) is 5.83. The molecule has 0 radical (unpaired) electrons. The van der Waals surface area contributed by atoms with Gasteiger partial charge in [-0.25, -0.2) is 4.79 Å². The van der Waals surface area contributed by atoms with Crippen LogP contribution in [0.15, 0.2) is 41.3 Å². The van der Waals surface area contributed by atoms with Crippen molar-refractivity contribution in [2.24, 2.45) is 0 Å². The maximum Gasteiger partial charge on any atom is 0.328 e. The minimum Gasteiger partial charge on any atom is -0.478 e. The molecule has 1 heterocycles. The molecule has 0 saturated heterocycles. The zero-order valence-corrected chi connectivity index (χ0v) is 10.7. The number of aryl methyl sites for hydroxylation is 1. The zero-order valence-electron chi connectivity index (χ0n) is 10.7. The van der Waals surface area contributed by atoms with Crippen molar-refractivity contribution in [2.45, 2.75) is 6.92 Å². The summed E-state index contributed by atoms with van der Waals surface area (Å²) in [5.74, 6) is -1.35. The van der Waals surface area contributed by atoms with Gasteiger partial charge in [-0.1, -0.05) is 17.3 Å². The van der Waals surface area contributed by atoms with Gasteiger partial charge in [0.1, 0.15) is 12.0 Å². The van der Waals surface area contributed by atoms with Crippen LogP contribution in [0.4, 0.5) is 5.69 Å². The third kappa shape index (κ3) is 3.32. The number of carbonyl (C=O) groups is 2. The van der Waals surface area contributed by atoms with Crippen molar-refractivity contribution in [3.8, 4) is 0 Å². The van der Waals surface area contributed by atoms with Crippen LogP contribution in [-0.2, 0) is 4.79 Å². The number of aromatic nitrogens is 1. The summed E-state index contributed by atoms with van der Waals surface area (Å²) < 4.78 is 4.63. The Bertz CT molecular complexity index is 660. The summed E-state index contributed by atoms with van der Waals surface area (Å²) in [4.78, 5) is 22.6. The second-order valence-electron chi connectivity index (χ2n) is 4.11. The molecule has 2 N–H and O–H groups in total. The number of benzene rings is 1. The van der Waals surface area contributed by atoms with Crippen LogP contribution in [0.25, 0.3) is 6.08 Å². The summed E-state index contributed by atoms with van der Waals surface area (Å²) in [6, 6.07) is 5.12. The Labute approximate surface area is 114 Å². The van der Waals surface area contributed by atoms with Gasteiger partial charge in [0.25, 0.3) is 5.91 Å². The summed E-state index contributed by atoms with van der Waals surface area (Å²) in [6.07, 6.45) is 5.16. The Morgan fingerprint density at radius 2 is 2.20 bits per heavy atom. The lowest BCUT2D eigenvalue weighted by Crippen LogP contribution is -2.13. The molecule has 0 fully saturated rings. The van der Waals surface area contributed by atoms with Crippen molar-refractivity contribution in [3.05, 3.63) is 53.4 Å². The summed E-state index contributed by atoms with van der Waals surface area (Å²) in [5, 5.41) is 14.7. The van der Waals surface area contributed by atoms with Crippen molar-refractivity contribution < 1.29 is 19.2 Å². The molecule has 0 spiro atoms. The highest BCUT2D eigenvalue weighted by Gasteiger charge is 2.10. The Morgan fingerprint density at radius 3 is 2.85 bits per heavy atom. The molecule has 0 aliphatic carbocycles.